The first-order chi connectivity index (χ1) is 11.3. The van der Waals surface area contributed by atoms with Crippen molar-refractivity contribution in [3.8, 4) is 0 Å². The maximum Gasteiger partial charge on any atom is 0.277 e. The van der Waals surface area contributed by atoms with E-state index in [1.54, 1.807) is 5.38 Å². The van der Waals surface area contributed by atoms with Crippen molar-refractivity contribution in [3.05, 3.63) is 40.4 Å². The summed E-state index contributed by atoms with van der Waals surface area (Å²) in [5.74, 6) is -0.191. The van der Waals surface area contributed by atoms with Crippen LogP contribution in [0.2, 0.25) is 0 Å². The SMILES string of the molecule is O=C(Nc1ccc2c(c1)CCN(C1CCC1)CC2)c1csnn1. The van der Waals surface area contributed by atoms with Crippen LogP contribution in [0.15, 0.2) is 23.6 Å². The van der Waals surface area contributed by atoms with Crippen LogP contribution < -0.4 is 5.32 Å². The van der Waals surface area contributed by atoms with Crippen LogP contribution in [0.1, 0.15) is 40.9 Å². The molecule has 1 saturated carbocycles. The molecule has 0 saturated heterocycles. The second-order valence-corrected chi connectivity index (χ2v) is 6.96. The predicted octanol–water partition coefficient (Wildman–Crippen LogP) is 2.74. The topological polar surface area (TPSA) is 58.1 Å². The van der Waals surface area contributed by atoms with Gasteiger partial charge in [0, 0.05) is 30.2 Å². The van der Waals surface area contributed by atoms with Crippen molar-refractivity contribution in [3.63, 3.8) is 0 Å². The van der Waals surface area contributed by atoms with Gasteiger partial charge in [-0.15, -0.1) is 5.10 Å². The molecule has 4 rings (SSSR count). The van der Waals surface area contributed by atoms with Gasteiger partial charge in [-0.1, -0.05) is 17.0 Å². The van der Waals surface area contributed by atoms with E-state index in [4.69, 9.17) is 0 Å². The molecule has 0 spiro atoms. The van der Waals surface area contributed by atoms with Gasteiger partial charge in [0.2, 0.25) is 0 Å². The number of hydrogen-bond acceptors (Lipinski definition) is 5. The molecule has 2 aliphatic rings. The van der Waals surface area contributed by atoms with E-state index in [1.807, 2.05) is 6.07 Å². The number of anilines is 1. The van der Waals surface area contributed by atoms with E-state index in [9.17, 15) is 4.79 Å². The quantitative estimate of drug-likeness (QED) is 0.941. The van der Waals surface area contributed by atoms with Gasteiger partial charge in [0.05, 0.1) is 0 Å². The van der Waals surface area contributed by atoms with Crippen molar-refractivity contribution in [2.24, 2.45) is 0 Å². The van der Waals surface area contributed by atoms with E-state index in [2.05, 4.69) is 31.9 Å². The number of hydrogen-bond donors (Lipinski definition) is 1. The number of nitrogens with one attached hydrogen (secondary N) is 1. The van der Waals surface area contributed by atoms with Crippen LogP contribution in [0.3, 0.4) is 0 Å². The van der Waals surface area contributed by atoms with Gasteiger partial charge >= 0.3 is 0 Å². The summed E-state index contributed by atoms with van der Waals surface area (Å²) < 4.78 is 3.73. The molecule has 0 unspecified atom stereocenters. The van der Waals surface area contributed by atoms with Gasteiger partial charge in [-0.25, -0.2) is 0 Å². The van der Waals surface area contributed by atoms with Crippen LogP contribution in [0.5, 0.6) is 0 Å². The molecule has 1 aromatic carbocycles. The second-order valence-electron chi connectivity index (χ2n) is 6.35. The first-order valence-corrected chi connectivity index (χ1v) is 9.07. The second kappa shape index (κ2) is 6.37. The smallest absolute Gasteiger partial charge is 0.277 e. The maximum absolute atomic E-state index is 12.1. The van der Waals surface area contributed by atoms with Gasteiger partial charge < -0.3 is 5.32 Å². The van der Waals surface area contributed by atoms with E-state index in [0.29, 0.717) is 5.69 Å². The minimum atomic E-state index is -0.191. The molecule has 1 aromatic heterocycles. The van der Waals surface area contributed by atoms with Crippen molar-refractivity contribution in [1.82, 2.24) is 14.5 Å². The fraction of sp³-hybridized carbons (Fsp3) is 0.471. The number of nitrogens with zero attached hydrogens (tertiary/aromatic N) is 3. The van der Waals surface area contributed by atoms with Crippen molar-refractivity contribution in [1.29, 1.82) is 0 Å². The Bertz CT molecular complexity index is 697. The summed E-state index contributed by atoms with van der Waals surface area (Å²) in [6.45, 7) is 2.29. The van der Waals surface area contributed by atoms with Crippen LogP contribution >= 0.6 is 11.5 Å². The van der Waals surface area contributed by atoms with Gasteiger partial charge in [-0.2, -0.15) is 0 Å². The Labute approximate surface area is 139 Å². The van der Waals surface area contributed by atoms with Gasteiger partial charge in [0.1, 0.15) is 0 Å². The first kappa shape index (κ1) is 14.8. The standard InChI is InChI=1S/C17H20N4OS/c22-17(16-11-23-20-19-16)18-14-5-4-12-6-8-21(15-2-1-3-15)9-7-13(12)10-14/h4-5,10-11,15H,1-3,6-9H2,(H,18,22). The molecule has 5 nitrogen and oxygen atoms in total. The Balaban J connectivity index is 1.46. The van der Waals surface area contributed by atoms with Crippen LogP contribution in [0, 0.1) is 0 Å². The Morgan fingerprint density at radius 2 is 2.04 bits per heavy atom. The molecule has 0 radical (unpaired) electrons. The van der Waals surface area contributed by atoms with Gasteiger partial charge in [0.15, 0.2) is 5.69 Å². The van der Waals surface area contributed by atoms with Crippen molar-refractivity contribution in [2.45, 2.75) is 38.1 Å². The lowest BCUT2D eigenvalue weighted by atomic mass is 9.91. The molecule has 0 atom stereocenters. The normalized spacial score (nSPS) is 18.8. The summed E-state index contributed by atoms with van der Waals surface area (Å²) in [5, 5.41) is 8.39. The minimum Gasteiger partial charge on any atom is -0.321 e. The summed E-state index contributed by atoms with van der Waals surface area (Å²) in [4.78, 5) is 14.7. The molecular weight excluding hydrogens is 308 g/mol. The lowest BCUT2D eigenvalue weighted by Crippen LogP contribution is -2.41. The monoisotopic (exact) mass is 328 g/mol. The van der Waals surface area contributed by atoms with E-state index in [1.165, 1.54) is 41.9 Å². The molecule has 1 fully saturated rings. The van der Waals surface area contributed by atoms with Gasteiger partial charge in [0.25, 0.3) is 5.91 Å². The molecule has 1 amide bonds. The molecule has 23 heavy (non-hydrogen) atoms. The molecule has 2 aromatic rings. The van der Waals surface area contributed by atoms with E-state index >= 15 is 0 Å². The first-order valence-electron chi connectivity index (χ1n) is 8.24. The molecule has 1 aliphatic carbocycles. The molecule has 120 valence electrons. The van der Waals surface area contributed by atoms with Crippen LogP contribution in [-0.2, 0) is 12.8 Å². The Morgan fingerprint density at radius 3 is 2.74 bits per heavy atom. The summed E-state index contributed by atoms with van der Waals surface area (Å²) in [6.07, 6.45) is 6.28. The van der Waals surface area contributed by atoms with E-state index in [0.717, 1.165) is 37.7 Å². The molecule has 1 aliphatic heterocycles. The zero-order valence-electron chi connectivity index (χ0n) is 13.0. The van der Waals surface area contributed by atoms with E-state index < -0.39 is 0 Å². The fourth-order valence-electron chi connectivity index (χ4n) is 3.40. The van der Waals surface area contributed by atoms with Crippen molar-refractivity contribution >= 4 is 23.1 Å². The molecule has 6 heteroatoms. The summed E-state index contributed by atoms with van der Waals surface area (Å²) in [7, 11) is 0. The average molecular weight is 328 g/mol. The lowest BCUT2D eigenvalue weighted by molar-refractivity contribution is 0.102. The minimum absolute atomic E-state index is 0.191. The Kier molecular flexibility index (Phi) is 4.10. The Morgan fingerprint density at radius 1 is 1.22 bits per heavy atom. The molecule has 2 heterocycles. The van der Waals surface area contributed by atoms with Crippen LogP contribution in [0.25, 0.3) is 0 Å². The Hall–Kier alpha value is -1.79. The highest BCUT2D eigenvalue weighted by Crippen LogP contribution is 2.28. The number of carbonyl (C=O) groups is 1. The third-order valence-electron chi connectivity index (χ3n) is 4.98. The number of benzene rings is 1. The average Bonchev–Trinajstić information content (AvgIpc) is 2.96. The highest BCUT2D eigenvalue weighted by molar-refractivity contribution is 7.03. The molecular formula is C17H20N4OS. The van der Waals surface area contributed by atoms with Crippen LogP contribution in [-0.4, -0.2) is 39.5 Å². The summed E-state index contributed by atoms with van der Waals surface area (Å²) >= 11 is 1.19. The van der Waals surface area contributed by atoms with Crippen molar-refractivity contribution < 1.29 is 4.79 Å². The third kappa shape index (κ3) is 3.14. The summed E-state index contributed by atoms with van der Waals surface area (Å²) in [5.41, 5.74) is 4.00. The highest BCUT2D eigenvalue weighted by Gasteiger charge is 2.26. The molecule has 1 N–H and O–H groups in total. The number of rotatable bonds is 3. The molecule has 0 bridgehead atoms. The maximum atomic E-state index is 12.1. The highest BCUT2D eigenvalue weighted by atomic mass is 32.1. The summed E-state index contributed by atoms with van der Waals surface area (Å²) in [6, 6.07) is 7.09. The predicted molar refractivity (Wildman–Crippen MR) is 90.9 cm³/mol. The largest absolute Gasteiger partial charge is 0.321 e. The lowest BCUT2D eigenvalue weighted by Gasteiger charge is -2.36. The number of aromatic nitrogens is 2. The fourth-order valence-corrected chi connectivity index (χ4v) is 3.83. The number of amides is 1. The number of fused-ring (bicyclic) bond motifs is 1. The van der Waals surface area contributed by atoms with E-state index in [-0.39, 0.29) is 5.91 Å². The van der Waals surface area contributed by atoms with Gasteiger partial charge in [-0.3, -0.25) is 9.69 Å². The third-order valence-corrected chi connectivity index (χ3v) is 5.49. The van der Waals surface area contributed by atoms with Crippen molar-refractivity contribution in [2.75, 3.05) is 18.4 Å². The van der Waals surface area contributed by atoms with Crippen LogP contribution in [0.4, 0.5) is 5.69 Å². The number of carbonyl (C=O) groups excluding carboxylic acids is 1. The van der Waals surface area contributed by atoms with Gasteiger partial charge in [-0.05, 0) is 60.5 Å². The zero-order valence-corrected chi connectivity index (χ0v) is 13.8. The zero-order chi connectivity index (χ0) is 15.6.